The van der Waals surface area contributed by atoms with Gasteiger partial charge in [0.05, 0.1) is 18.7 Å². The summed E-state index contributed by atoms with van der Waals surface area (Å²) in [6.45, 7) is 3.34. The number of benzene rings is 2. The minimum Gasteiger partial charge on any atom is -0.461 e. The Morgan fingerprint density at radius 3 is 2.41 bits per heavy atom. The van der Waals surface area contributed by atoms with Crippen LogP contribution in [-0.4, -0.2) is 19.1 Å². The molecule has 0 saturated carbocycles. The van der Waals surface area contributed by atoms with E-state index < -0.39 is 0 Å². The van der Waals surface area contributed by atoms with Gasteiger partial charge in [-0.25, -0.2) is 4.79 Å². The molecular weight excluding hydrogens is 278 g/mol. The van der Waals surface area contributed by atoms with Gasteiger partial charge < -0.3 is 4.74 Å². The first-order valence-electron chi connectivity index (χ1n) is 7.45. The highest BCUT2D eigenvalue weighted by Crippen LogP contribution is 2.09. The van der Waals surface area contributed by atoms with E-state index in [2.05, 4.69) is 24.5 Å². The number of hydrogen-bond donors (Lipinski definition) is 1. The van der Waals surface area contributed by atoms with Gasteiger partial charge in [0.25, 0.3) is 0 Å². The Kier molecular flexibility index (Phi) is 6.61. The van der Waals surface area contributed by atoms with Gasteiger partial charge in [0.1, 0.15) is 6.61 Å². The lowest BCUT2D eigenvalue weighted by atomic mass is 10.1. The first-order valence-corrected chi connectivity index (χ1v) is 7.45. The largest absolute Gasteiger partial charge is 0.461 e. The molecule has 4 nitrogen and oxygen atoms in total. The number of aryl methyl sites for hydroxylation is 1. The average Bonchev–Trinajstić information content (AvgIpc) is 2.58. The summed E-state index contributed by atoms with van der Waals surface area (Å²) in [6, 6.07) is 17.1. The number of rotatable bonds is 8. The number of hydroxylamine groups is 1. The second-order valence-corrected chi connectivity index (χ2v) is 4.81. The van der Waals surface area contributed by atoms with Crippen molar-refractivity contribution < 1.29 is 14.4 Å². The molecule has 0 spiro atoms. The van der Waals surface area contributed by atoms with Crippen LogP contribution in [0.1, 0.15) is 28.4 Å². The molecule has 0 aliphatic heterocycles. The number of ether oxygens (including phenoxy) is 1. The molecule has 2 rings (SSSR count). The second kappa shape index (κ2) is 8.97. The Bertz CT molecular complexity index is 584. The molecule has 0 saturated heterocycles. The monoisotopic (exact) mass is 299 g/mol. The van der Waals surface area contributed by atoms with Crippen LogP contribution in [0.4, 0.5) is 0 Å². The second-order valence-electron chi connectivity index (χ2n) is 4.81. The number of carbonyl (C=O) groups excluding carboxylic acids is 1. The van der Waals surface area contributed by atoms with Crippen LogP contribution >= 0.6 is 0 Å². The highest BCUT2D eigenvalue weighted by molar-refractivity contribution is 5.89. The summed E-state index contributed by atoms with van der Waals surface area (Å²) in [5.74, 6) is -0.321. The fourth-order valence-electron chi connectivity index (χ4n) is 2.09. The molecule has 2 aromatic rings. The normalized spacial score (nSPS) is 10.4. The first-order chi connectivity index (χ1) is 10.8. The fraction of sp³-hybridized carbons (Fsp3) is 0.278. The topological polar surface area (TPSA) is 47.6 Å². The van der Waals surface area contributed by atoms with Crippen LogP contribution in [-0.2, 0) is 22.6 Å². The van der Waals surface area contributed by atoms with E-state index in [1.807, 2.05) is 30.3 Å². The van der Waals surface area contributed by atoms with Crippen LogP contribution in [0.15, 0.2) is 54.6 Å². The molecule has 0 atom stereocenters. The maximum absolute atomic E-state index is 11.7. The van der Waals surface area contributed by atoms with Crippen molar-refractivity contribution in [3.63, 3.8) is 0 Å². The van der Waals surface area contributed by atoms with Crippen LogP contribution < -0.4 is 5.48 Å². The van der Waals surface area contributed by atoms with Gasteiger partial charge in [-0.15, -0.1) is 0 Å². The quantitative estimate of drug-likeness (QED) is 0.462. The molecule has 0 unspecified atom stereocenters. The summed E-state index contributed by atoms with van der Waals surface area (Å²) in [5, 5.41) is 0. The summed E-state index contributed by atoms with van der Waals surface area (Å²) in [5.41, 5.74) is 5.81. The molecule has 0 bridgehead atoms. The summed E-state index contributed by atoms with van der Waals surface area (Å²) in [4.78, 5) is 17.1. The Morgan fingerprint density at radius 1 is 1.00 bits per heavy atom. The Labute approximate surface area is 131 Å². The standard InChI is InChI=1S/C18H21NO3/c1-2-15-8-6-7-11-17(15)14-22-19-12-13-21-18(20)16-9-4-3-5-10-16/h3-11,19H,2,12-14H2,1H3. The van der Waals surface area contributed by atoms with Gasteiger partial charge >= 0.3 is 5.97 Å². The SMILES string of the molecule is CCc1ccccc1CONCCOC(=O)c1ccccc1. The molecule has 0 aliphatic carbocycles. The third kappa shape index (κ3) is 4.98. The van der Waals surface area contributed by atoms with E-state index in [9.17, 15) is 4.79 Å². The van der Waals surface area contributed by atoms with Crippen molar-refractivity contribution in [1.82, 2.24) is 5.48 Å². The third-order valence-electron chi connectivity index (χ3n) is 3.28. The fourth-order valence-corrected chi connectivity index (χ4v) is 2.09. The Morgan fingerprint density at radius 2 is 1.68 bits per heavy atom. The molecular formula is C18H21NO3. The molecule has 1 N–H and O–H groups in total. The maximum atomic E-state index is 11.7. The van der Waals surface area contributed by atoms with E-state index in [4.69, 9.17) is 9.57 Å². The molecule has 0 aromatic heterocycles. The average molecular weight is 299 g/mol. The molecule has 2 aromatic carbocycles. The third-order valence-corrected chi connectivity index (χ3v) is 3.28. The lowest BCUT2D eigenvalue weighted by molar-refractivity contribution is 0.0103. The molecule has 0 fully saturated rings. The van der Waals surface area contributed by atoms with Gasteiger partial charge in [-0.1, -0.05) is 49.4 Å². The minimum atomic E-state index is -0.321. The van der Waals surface area contributed by atoms with Gasteiger partial charge in [0.15, 0.2) is 0 Å². The predicted octanol–water partition coefficient (Wildman–Crippen LogP) is 3.13. The van der Waals surface area contributed by atoms with Crippen molar-refractivity contribution in [2.24, 2.45) is 0 Å². The summed E-state index contributed by atoms with van der Waals surface area (Å²) < 4.78 is 5.14. The smallest absolute Gasteiger partial charge is 0.338 e. The van der Waals surface area contributed by atoms with Crippen LogP contribution in [0, 0.1) is 0 Å². The van der Waals surface area contributed by atoms with E-state index in [1.54, 1.807) is 12.1 Å². The van der Waals surface area contributed by atoms with E-state index >= 15 is 0 Å². The molecule has 116 valence electrons. The van der Waals surface area contributed by atoms with Crippen molar-refractivity contribution in [2.45, 2.75) is 20.0 Å². The maximum Gasteiger partial charge on any atom is 0.338 e. The Balaban J connectivity index is 1.63. The van der Waals surface area contributed by atoms with Crippen LogP contribution in [0.5, 0.6) is 0 Å². The number of carbonyl (C=O) groups is 1. The van der Waals surface area contributed by atoms with Gasteiger partial charge in [-0.2, -0.15) is 5.48 Å². The van der Waals surface area contributed by atoms with Crippen molar-refractivity contribution in [1.29, 1.82) is 0 Å². The van der Waals surface area contributed by atoms with Crippen molar-refractivity contribution >= 4 is 5.97 Å². The van der Waals surface area contributed by atoms with Crippen molar-refractivity contribution in [3.05, 3.63) is 71.3 Å². The van der Waals surface area contributed by atoms with Gasteiger partial charge in [-0.3, -0.25) is 4.84 Å². The van der Waals surface area contributed by atoms with E-state index in [0.717, 1.165) is 6.42 Å². The van der Waals surface area contributed by atoms with Crippen LogP contribution in [0.2, 0.25) is 0 Å². The minimum absolute atomic E-state index is 0.267. The van der Waals surface area contributed by atoms with Crippen LogP contribution in [0.25, 0.3) is 0 Å². The molecule has 0 radical (unpaired) electrons. The van der Waals surface area contributed by atoms with E-state index in [-0.39, 0.29) is 12.6 Å². The summed E-state index contributed by atoms with van der Waals surface area (Å²) in [6.07, 6.45) is 0.980. The zero-order valence-corrected chi connectivity index (χ0v) is 12.7. The molecule has 0 amide bonds. The number of hydrogen-bond acceptors (Lipinski definition) is 4. The Hall–Kier alpha value is -2.17. The summed E-state index contributed by atoms with van der Waals surface area (Å²) >= 11 is 0. The molecule has 0 heterocycles. The summed E-state index contributed by atoms with van der Waals surface area (Å²) in [7, 11) is 0. The van der Waals surface area contributed by atoms with Crippen molar-refractivity contribution in [3.8, 4) is 0 Å². The van der Waals surface area contributed by atoms with E-state index in [0.29, 0.717) is 18.7 Å². The lowest BCUT2D eigenvalue weighted by Crippen LogP contribution is -2.22. The zero-order valence-electron chi connectivity index (χ0n) is 12.7. The molecule has 4 heteroatoms. The van der Waals surface area contributed by atoms with E-state index in [1.165, 1.54) is 11.1 Å². The first kappa shape index (κ1) is 16.2. The van der Waals surface area contributed by atoms with Gasteiger partial charge in [0, 0.05) is 0 Å². The zero-order chi connectivity index (χ0) is 15.6. The van der Waals surface area contributed by atoms with Crippen molar-refractivity contribution in [2.75, 3.05) is 13.2 Å². The highest BCUT2D eigenvalue weighted by atomic mass is 16.6. The predicted molar refractivity (Wildman–Crippen MR) is 85.3 cm³/mol. The molecule has 22 heavy (non-hydrogen) atoms. The highest BCUT2D eigenvalue weighted by Gasteiger charge is 2.05. The van der Waals surface area contributed by atoms with Gasteiger partial charge in [-0.05, 0) is 29.7 Å². The number of nitrogens with one attached hydrogen (secondary N) is 1. The lowest BCUT2D eigenvalue weighted by Gasteiger charge is -2.09. The van der Waals surface area contributed by atoms with Crippen LogP contribution in [0.3, 0.4) is 0 Å². The van der Waals surface area contributed by atoms with Gasteiger partial charge in [0.2, 0.25) is 0 Å². The number of esters is 1. The molecule has 0 aliphatic rings.